The van der Waals surface area contributed by atoms with Crippen LogP contribution in [0.4, 0.5) is 4.79 Å². The molecular weight excluding hydrogens is 252 g/mol. The summed E-state index contributed by atoms with van der Waals surface area (Å²) in [6.45, 7) is 8.57. The summed E-state index contributed by atoms with van der Waals surface area (Å²) in [4.78, 5) is 18.1. The second-order valence-corrected chi connectivity index (χ2v) is 5.10. The predicted octanol–water partition coefficient (Wildman–Crippen LogP) is 2.73. The molecular formula is C15H28N4O. The molecule has 5 heteroatoms. The summed E-state index contributed by atoms with van der Waals surface area (Å²) in [5.74, 6) is 0. The number of amides is 1. The summed E-state index contributed by atoms with van der Waals surface area (Å²) in [7, 11) is 0. The lowest BCUT2D eigenvalue weighted by atomic mass is 10.2. The van der Waals surface area contributed by atoms with Crippen molar-refractivity contribution in [1.29, 1.82) is 0 Å². The Labute approximate surface area is 122 Å². The average molecular weight is 280 g/mol. The summed E-state index contributed by atoms with van der Waals surface area (Å²) in [5, 5.41) is 2.91. The Hall–Kier alpha value is -1.36. The smallest absolute Gasteiger partial charge is 0.326 e. The lowest BCUT2D eigenvalue weighted by Gasteiger charge is -2.21. The Morgan fingerprint density at radius 3 is 2.35 bits per heavy atom. The standard InChI is InChI=1S/C15H28N4O/c1-3-5-10-18(11-6-4-2)12-7-8-17-15(20)19-13-9-16-14-19/h9,13-14H,3-8,10-12H2,1-2H3,(H,17,20). The molecule has 0 saturated heterocycles. The Morgan fingerprint density at radius 2 is 1.80 bits per heavy atom. The van der Waals surface area contributed by atoms with E-state index in [0.29, 0.717) is 6.54 Å². The monoisotopic (exact) mass is 280 g/mol. The number of unbranched alkanes of at least 4 members (excludes halogenated alkanes) is 2. The van der Waals surface area contributed by atoms with E-state index in [0.717, 1.165) is 13.0 Å². The van der Waals surface area contributed by atoms with Crippen LogP contribution in [0.5, 0.6) is 0 Å². The molecule has 0 aliphatic heterocycles. The molecule has 0 atom stereocenters. The number of hydrogen-bond acceptors (Lipinski definition) is 3. The largest absolute Gasteiger partial charge is 0.337 e. The molecule has 20 heavy (non-hydrogen) atoms. The zero-order valence-electron chi connectivity index (χ0n) is 12.8. The highest BCUT2D eigenvalue weighted by atomic mass is 16.2. The molecule has 114 valence electrons. The first-order valence-corrected chi connectivity index (χ1v) is 7.76. The van der Waals surface area contributed by atoms with Gasteiger partial charge in [-0.25, -0.2) is 9.78 Å². The fourth-order valence-corrected chi connectivity index (χ4v) is 2.07. The molecule has 1 rings (SSSR count). The third-order valence-corrected chi connectivity index (χ3v) is 3.32. The van der Waals surface area contributed by atoms with E-state index in [1.54, 1.807) is 12.4 Å². The molecule has 1 heterocycles. The van der Waals surface area contributed by atoms with Crippen LogP contribution in [0.15, 0.2) is 18.7 Å². The first-order chi connectivity index (χ1) is 9.77. The van der Waals surface area contributed by atoms with Gasteiger partial charge in [0, 0.05) is 18.9 Å². The van der Waals surface area contributed by atoms with Gasteiger partial charge in [-0.1, -0.05) is 26.7 Å². The van der Waals surface area contributed by atoms with Crippen LogP contribution in [-0.2, 0) is 0 Å². The van der Waals surface area contributed by atoms with Gasteiger partial charge in [-0.2, -0.15) is 0 Å². The first-order valence-electron chi connectivity index (χ1n) is 7.76. The molecule has 0 aliphatic rings. The molecule has 0 bridgehead atoms. The molecule has 0 unspecified atom stereocenters. The molecule has 1 N–H and O–H groups in total. The number of carbonyl (C=O) groups excluding carboxylic acids is 1. The van der Waals surface area contributed by atoms with Crippen molar-refractivity contribution in [2.75, 3.05) is 26.2 Å². The predicted molar refractivity (Wildman–Crippen MR) is 81.9 cm³/mol. The maximum atomic E-state index is 11.7. The molecule has 0 fully saturated rings. The summed E-state index contributed by atoms with van der Waals surface area (Å²) in [5.41, 5.74) is 0. The van der Waals surface area contributed by atoms with Crippen LogP contribution in [0.25, 0.3) is 0 Å². The Morgan fingerprint density at radius 1 is 1.15 bits per heavy atom. The molecule has 5 nitrogen and oxygen atoms in total. The quantitative estimate of drug-likeness (QED) is 0.670. The maximum absolute atomic E-state index is 11.7. The number of rotatable bonds is 10. The number of aromatic nitrogens is 2. The number of hydrogen-bond donors (Lipinski definition) is 1. The van der Waals surface area contributed by atoms with Crippen molar-refractivity contribution in [3.05, 3.63) is 18.7 Å². The van der Waals surface area contributed by atoms with Crippen LogP contribution < -0.4 is 5.32 Å². The molecule has 1 amide bonds. The summed E-state index contributed by atoms with van der Waals surface area (Å²) >= 11 is 0. The highest BCUT2D eigenvalue weighted by Crippen LogP contribution is 2.00. The highest BCUT2D eigenvalue weighted by molar-refractivity contribution is 5.76. The fourth-order valence-electron chi connectivity index (χ4n) is 2.07. The van der Waals surface area contributed by atoms with E-state index in [1.165, 1.54) is 49.7 Å². The second kappa shape index (κ2) is 10.4. The number of imidazole rings is 1. The van der Waals surface area contributed by atoms with Gasteiger partial charge < -0.3 is 10.2 Å². The maximum Gasteiger partial charge on any atom is 0.326 e. The summed E-state index contributed by atoms with van der Waals surface area (Å²) in [6, 6.07) is -0.101. The zero-order chi connectivity index (χ0) is 14.6. The molecule has 1 aromatic rings. The Kier molecular flexibility index (Phi) is 8.71. The van der Waals surface area contributed by atoms with Gasteiger partial charge >= 0.3 is 6.03 Å². The minimum atomic E-state index is -0.101. The molecule has 0 spiro atoms. The van der Waals surface area contributed by atoms with Crippen molar-refractivity contribution in [3.63, 3.8) is 0 Å². The fraction of sp³-hybridized carbons (Fsp3) is 0.733. The van der Waals surface area contributed by atoms with E-state index < -0.39 is 0 Å². The zero-order valence-corrected chi connectivity index (χ0v) is 12.8. The van der Waals surface area contributed by atoms with Gasteiger partial charge in [0.15, 0.2) is 0 Å². The van der Waals surface area contributed by atoms with Crippen LogP contribution in [0.3, 0.4) is 0 Å². The van der Waals surface area contributed by atoms with E-state index >= 15 is 0 Å². The van der Waals surface area contributed by atoms with E-state index in [4.69, 9.17) is 0 Å². The number of carbonyl (C=O) groups is 1. The van der Waals surface area contributed by atoms with Crippen molar-refractivity contribution in [2.24, 2.45) is 0 Å². The molecule has 0 radical (unpaired) electrons. The second-order valence-electron chi connectivity index (χ2n) is 5.10. The minimum absolute atomic E-state index is 0.101. The van der Waals surface area contributed by atoms with E-state index in [1.807, 2.05) is 0 Å². The van der Waals surface area contributed by atoms with Crippen molar-refractivity contribution >= 4 is 6.03 Å². The van der Waals surface area contributed by atoms with Gasteiger partial charge in [-0.3, -0.25) is 4.57 Å². The normalized spacial score (nSPS) is 10.9. The highest BCUT2D eigenvalue weighted by Gasteiger charge is 2.05. The topological polar surface area (TPSA) is 50.2 Å². The van der Waals surface area contributed by atoms with Gasteiger partial charge in [-0.05, 0) is 38.9 Å². The third kappa shape index (κ3) is 6.70. The van der Waals surface area contributed by atoms with Crippen molar-refractivity contribution in [3.8, 4) is 0 Å². The van der Waals surface area contributed by atoms with E-state index in [-0.39, 0.29) is 6.03 Å². The molecule has 1 aromatic heterocycles. The van der Waals surface area contributed by atoms with Gasteiger partial charge in [0.05, 0.1) is 0 Å². The lowest BCUT2D eigenvalue weighted by Crippen LogP contribution is -2.32. The summed E-state index contributed by atoms with van der Waals surface area (Å²) in [6.07, 6.45) is 10.8. The van der Waals surface area contributed by atoms with Crippen molar-refractivity contribution in [1.82, 2.24) is 19.8 Å². The molecule has 0 aliphatic carbocycles. The number of nitrogens with one attached hydrogen (secondary N) is 1. The van der Waals surface area contributed by atoms with Crippen LogP contribution in [0.1, 0.15) is 46.0 Å². The lowest BCUT2D eigenvalue weighted by molar-refractivity contribution is 0.238. The van der Waals surface area contributed by atoms with Gasteiger partial charge in [0.25, 0.3) is 0 Å². The molecule has 0 saturated carbocycles. The van der Waals surface area contributed by atoms with Crippen molar-refractivity contribution < 1.29 is 4.79 Å². The van der Waals surface area contributed by atoms with E-state index in [9.17, 15) is 4.79 Å². The SMILES string of the molecule is CCCCN(CCCC)CCCNC(=O)n1ccnc1. The Balaban J connectivity index is 2.17. The summed E-state index contributed by atoms with van der Waals surface area (Å²) < 4.78 is 1.46. The van der Waals surface area contributed by atoms with Crippen LogP contribution in [0, 0.1) is 0 Å². The van der Waals surface area contributed by atoms with Crippen LogP contribution >= 0.6 is 0 Å². The van der Waals surface area contributed by atoms with Crippen molar-refractivity contribution in [2.45, 2.75) is 46.0 Å². The average Bonchev–Trinajstić information content (AvgIpc) is 2.99. The first kappa shape index (κ1) is 16.7. The van der Waals surface area contributed by atoms with Gasteiger partial charge in [0.2, 0.25) is 0 Å². The van der Waals surface area contributed by atoms with Crippen LogP contribution in [-0.4, -0.2) is 46.7 Å². The van der Waals surface area contributed by atoms with Gasteiger partial charge in [-0.15, -0.1) is 0 Å². The van der Waals surface area contributed by atoms with E-state index in [2.05, 4.69) is 29.0 Å². The molecule has 0 aromatic carbocycles. The third-order valence-electron chi connectivity index (χ3n) is 3.32. The number of nitrogens with zero attached hydrogens (tertiary/aromatic N) is 3. The van der Waals surface area contributed by atoms with Gasteiger partial charge in [0.1, 0.15) is 6.33 Å². The Bertz CT molecular complexity index is 343. The minimum Gasteiger partial charge on any atom is -0.337 e. The van der Waals surface area contributed by atoms with Crippen LogP contribution in [0.2, 0.25) is 0 Å².